The molecule has 3 aliphatic rings. The molecule has 0 aromatic heterocycles. The van der Waals surface area contributed by atoms with Gasteiger partial charge >= 0.3 is 11.9 Å². The SMILES string of the molecule is C=CC(=O)OCCOc1ccc(OCCOC(=O)C2CC3(O)c4ccccc4C2(O)c2ccc(Cl)cc23)c2ccccc12. The number of hydrogen-bond donors (Lipinski definition) is 2. The standard InChI is InChI=1S/C34H29ClO8/c1-2-31(36)42-17-15-40-29-13-14-30(23-8-4-3-7-22(23)29)41-16-18-43-32(37)28-20-33(38)24-9-5-6-10-25(24)34(28,39)26-12-11-21(35)19-27(26)33/h2-14,19,28,38-39H,1,15-18,20H2. The molecule has 2 bridgehead atoms. The summed E-state index contributed by atoms with van der Waals surface area (Å²) < 4.78 is 22.4. The van der Waals surface area contributed by atoms with Crippen LogP contribution in [-0.2, 0) is 30.3 Å². The lowest BCUT2D eigenvalue weighted by Crippen LogP contribution is -2.57. The van der Waals surface area contributed by atoms with E-state index in [0.29, 0.717) is 38.8 Å². The minimum absolute atomic E-state index is 0.0492. The van der Waals surface area contributed by atoms with Gasteiger partial charge in [-0.2, -0.15) is 0 Å². The van der Waals surface area contributed by atoms with E-state index in [2.05, 4.69) is 6.58 Å². The van der Waals surface area contributed by atoms with Gasteiger partial charge < -0.3 is 29.2 Å². The Morgan fingerprint density at radius 3 is 2.02 bits per heavy atom. The monoisotopic (exact) mass is 600 g/mol. The molecule has 3 unspecified atom stereocenters. The highest BCUT2D eigenvalue weighted by Crippen LogP contribution is 2.60. The molecule has 0 heterocycles. The molecule has 43 heavy (non-hydrogen) atoms. The number of benzene rings is 4. The number of aliphatic hydroxyl groups is 2. The van der Waals surface area contributed by atoms with Crippen LogP contribution >= 0.6 is 11.6 Å². The molecule has 0 aliphatic heterocycles. The van der Waals surface area contributed by atoms with Crippen LogP contribution in [0.1, 0.15) is 28.7 Å². The summed E-state index contributed by atoms with van der Waals surface area (Å²) in [5.41, 5.74) is -1.23. The Bertz CT molecular complexity index is 1740. The summed E-state index contributed by atoms with van der Waals surface area (Å²) in [6.07, 6.45) is 1.05. The summed E-state index contributed by atoms with van der Waals surface area (Å²) in [5.74, 6) is -1.01. The van der Waals surface area contributed by atoms with E-state index in [9.17, 15) is 19.8 Å². The van der Waals surface area contributed by atoms with Gasteiger partial charge in [-0.05, 0) is 46.5 Å². The van der Waals surface area contributed by atoms with Gasteiger partial charge in [-0.25, -0.2) is 4.79 Å². The van der Waals surface area contributed by atoms with Crippen molar-refractivity contribution in [3.05, 3.63) is 119 Å². The Kier molecular flexibility index (Phi) is 7.60. The van der Waals surface area contributed by atoms with Gasteiger partial charge in [0.05, 0.1) is 5.92 Å². The van der Waals surface area contributed by atoms with Crippen molar-refractivity contribution in [1.82, 2.24) is 0 Å². The average molecular weight is 601 g/mol. The quantitative estimate of drug-likeness (QED) is 0.148. The lowest BCUT2D eigenvalue weighted by Gasteiger charge is -2.53. The lowest BCUT2D eigenvalue weighted by atomic mass is 9.54. The number of fused-ring (bicyclic) bond motifs is 2. The van der Waals surface area contributed by atoms with Gasteiger partial charge in [0.15, 0.2) is 0 Å². The van der Waals surface area contributed by atoms with Crippen molar-refractivity contribution in [2.75, 3.05) is 26.4 Å². The predicted octanol–water partition coefficient (Wildman–Crippen LogP) is 5.03. The topological polar surface area (TPSA) is 112 Å². The number of halogens is 1. The Labute approximate surface area is 253 Å². The van der Waals surface area contributed by atoms with Gasteiger partial charge in [-0.15, -0.1) is 0 Å². The van der Waals surface area contributed by atoms with Gasteiger partial charge in [0.25, 0.3) is 0 Å². The van der Waals surface area contributed by atoms with Gasteiger partial charge in [0.1, 0.15) is 49.1 Å². The minimum atomic E-state index is -1.69. The first kappa shape index (κ1) is 28.7. The molecule has 220 valence electrons. The summed E-state index contributed by atoms with van der Waals surface area (Å²) in [7, 11) is 0. The first-order chi connectivity index (χ1) is 20.8. The minimum Gasteiger partial charge on any atom is -0.489 e. The van der Waals surface area contributed by atoms with Crippen LogP contribution < -0.4 is 9.47 Å². The number of carbonyl (C=O) groups is 2. The van der Waals surface area contributed by atoms with Crippen LogP contribution in [0.15, 0.2) is 91.5 Å². The third-order valence-electron chi connectivity index (χ3n) is 8.09. The molecule has 9 heteroatoms. The first-order valence-electron chi connectivity index (χ1n) is 13.9. The van der Waals surface area contributed by atoms with E-state index in [1.54, 1.807) is 54.6 Å². The van der Waals surface area contributed by atoms with Crippen LogP contribution in [0.25, 0.3) is 10.8 Å². The number of hydrogen-bond acceptors (Lipinski definition) is 8. The number of ether oxygens (including phenoxy) is 4. The molecule has 4 aromatic rings. The molecule has 2 N–H and O–H groups in total. The van der Waals surface area contributed by atoms with Crippen LogP contribution in [0.3, 0.4) is 0 Å². The fourth-order valence-corrected chi connectivity index (χ4v) is 6.36. The van der Waals surface area contributed by atoms with Crippen LogP contribution in [0.5, 0.6) is 11.5 Å². The zero-order chi connectivity index (χ0) is 30.2. The first-order valence-corrected chi connectivity index (χ1v) is 14.2. The van der Waals surface area contributed by atoms with Crippen molar-refractivity contribution in [3.8, 4) is 11.5 Å². The van der Waals surface area contributed by atoms with Crippen LogP contribution in [-0.4, -0.2) is 48.6 Å². The Morgan fingerprint density at radius 2 is 1.37 bits per heavy atom. The van der Waals surface area contributed by atoms with E-state index in [1.165, 1.54) is 0 Å². The highest BCUT2D eigenvalue weighted by molar-refractivity contribution is 6.30. The van der Waals surface area contributed by atoms with E-state index < -0.39 is 29.1 Å². The van der Waals surface area contributed by atoms with Gasteiger partial charge in [0, 0.05) is 28.3 Å². The van der Waals surface area contributed by atoms with E-state index in [4.69, 9.17) is 30.5 Å². The van der Waals surface area contributed by atoms with E-state index in [0.717, 1.165) is 16.8 Å². The highest BCUT2D eigenvalue weighted by atomic mass is 35.5. The molecule has 0 radical (unpaired) electrons. The van der Waals surface area contributed by atoms with E-state index in [1.807, 2.05) is 24.3 Å². The number of esters is 2. The summed E-state index contributed by atoms with van der Waals surface area (Å²) in [5, 5.41) is 26.0. The molecular formula is C34H29ClO8. The maximum Gasteiger partial charge on any atom is 0.330 e. The molecule has 0 amide bonds. The fourth-order valence-electron chi connectivity index (χ4n) is 6.19. The van der Waals surface area contributed by atoms with Gasteiger partial charge in [-0.3, -0.25) is 4.79 Å². The molecular weight excluding hydrogens is 572 g/mol. The molecule has 3 aliphatic carbocycles. The Balaban J connectivity index is 1.14. The summed E-state index contributed by atoms with van der Waals surface area (Å²) in [6.45, 7) is 3.61. The van der Waals surface area contributed by atoms with E-state index >= 15 is 0 Å². The maximum atomic E-state index is 13.4. The van der Waals surface area contributed by atoms with Crippen molar-refractivity contribution in [2.45, 2.75) is 17.6 Å². The van der Waals surface area contributed by atoms with Crippen molar-refractivity contribution in [1.29, 1.82) is 0 Å². The second kappa shape index (κ2) is 11.4. The molecule has 3 atom stereocenters. The third-order valence-corrected chi connectivity index (χ3v) is 8.33. The molecule has 0 saturated heterocycles. The summed E-state index contributed by atoms with van der Waals surface area (Å²) >= 11 is 6.25. The summed E-state index contributed by atoms with van der Waals surface area (Å²) in [6, 6.07) is 23.0. The molecule has 7 rings (SSSR count). The molecule has 0 spiro atoms. The zero-order valence-corrected chi connectivity index (χ0v) is 23.9. The molecule has 4 aromatic carbocycles. The highest BCUT2D eigenvalue weighted by Gasteiger charge is 2.62. The van der Waals surface area contributed by atoms with Gasteiger partial charge in [0.2, 0.25) is 0 Å². The van der Waals surface area contributed by atoms with Crippen molar-refractivity contribution >= 4 is 34.3 Å². The smallest absolute Gasteiger partial charge is 0.330 e. The van der Waals surface area contributed by atoms with Gasteiger partial charge in [-0.1, -0.05) is 72.8 Å². The second-order valence-corrected chi connectivity index (χ2v) is 10.9. The van der Waals surface area contributed by atoms with Crippen LogP contribution in [0.2, 0.25) is 5.02 Å². The number of rotatable bonds is 10. The van der Waals surface area contributed by atoms with Crippen LogP contribution in [0.4, 0.5) is 0 Å². The van der Waals surface area contributed by atoms with Crippen molar-refractivity contribution in [3.63, 3.8) is 0 Å². The van der Waals surface area contributed by atoms with Crippen molar-refractivity contribution in [2.24, 2.45) is 5.92 Å². The lowest BCUT2D eigenvalue weighted by molar-refractivity contribution is -0.167. The second-order valence-electron chi connectivity index (χ2n) is 10.5. The normalized spacial score (nSPS) is 21.4. The van der Waals surface area contributed by atoms with Crippen LogP contribution in [0, 0.1) is 5.92 Å². The predicted molar refractivity (Wildman–Crippen MR) is 159 cm³/mol. The average Bonchev–Trinajstić information content (AvgIpc) is 3.03. The van der Waals surface area contributed by atoms with E-state index in [-0.39, 0.29) is 32.8 Å². The largest absolute Gasteiger partial charge is 0.489 e. The third kappa shape index (κ3) is 4.91. The Hall–Kier alpha value is -4.37. The number of carbonyl (C=O) groups excluding carboxylic acids is 2. The zero-order valence-electron chi connectivity index (χ0n) is 23.1. The molecule has 0 saturated carbocycles. The van der Waals surface area contributed by atoms with Crippen molar-refractivity contribution < 1.29 is 38.7 Å². The molecule has 8 nitrogen and oxygen atoms in total. The molecule has 0 fully saturated rings. The Morgan fingerprint density at radius 1 is 0.791 bits per heavy atom. The summed E-state index contributed by atoms with van der Waals surface area (Å²) in [4.78, 5) is 24.7. The fraction of sp³-hybridized carbons (Fsp3) is 0.235. The maximum absolute atomic E-state index is 13.4.